The summed E-state index contributed by atoms with van der Waals surface area (Å²) in [5.41, 5.74) is 5.93. The van der Waals surface area contributed by atoms with E-state index in [0.717, 1.165) is 42.3 Å². The van der Waals surface area contributed by atoms with Gasteiger partial charge in [-0.2, -0.15) is 0 Å². The first-order valence-corrected chi connectivity index (χ1v) is 24.8. The van der Waals surface area contributed by atoms with Crippen LogP contribution in [0.3, 0.4) is 0 Å². The van der Waals surface area contributed by atoms with Crippen molar-refractivity contribution in [2.24, 2.45) is 18.9 Å². The van der Waals surface area contributed by atoms with E-state index in [4.69, 9.17) is 4.98 Å². The molecule has 4 nitrogen and oxygen atoms in total. The van der Waals surface area contributed by atoms with Crippen molar-refractivity contribution in [1.82, 2.24) is 9.55 Å². The molecule has 0 atom stereocenters. The van der Waals surface area contributed by atoms with Gasteiger partial charge in [0.05, 0.1) is 5.76 Å². The third-order valence-corrected chi connectivity index (χ3v) is 14.0. The van der Waals surface area contributed by atoms with Crippen LogP contribution < -0.4 is 4.40 Å². The molecule has 1 radical (unpaired) electrons. The van der Waals surface area contributed by atoms with E-state index in [1.165, 1.54) is 43.2 Å². The Morgan fingerprint density at radius 1 is 0.896 bits per heavy atom. The number of fused-ring (bicyclic) bond motifs is 4. The summed E-state index contributed by atoms with van der Waals surface area (Å²) in [5.74, 6) is 7.91. The number of allylic oxidation sites excluding steroid dienone is 2. The van der Waals surface area contributed by atoms with Gasteiger partial charge < -0.3 is 5.11 Å². The number of pyridine rings is 1. The van der Waals surface area contributed by atoms with Crippen molar-refractivity contribution in [3.8, 4) is 11.3 Å². The summed E-state index contributed by atoms with van der Waals surface area (Å²) >= 11 is -1.92. The Balaban J connectivity index is 0.000000334. The van der Waals surface area contributed by atoms with Crippen LogP contribution in [0, 0.1) is 17.9 Å². The van der Waals surface area contributed by atoms with E-state index >= 15 is 0 Å². The van der Waals surface area contributed by atoms with E-state index in [1.54, 1.807) is 0 Å². The first-order valence-electron chi connectivity index (χ1n) is 17.4. The molecule has 0 spiro atoms. The van der Waals surface area contributed by atoms with Crippen LogP contribution in [-0.2, 0) is 37.4 Å². The average Bonchev–Trinajstić information content (AvgIpc) is 3.32. The second kappa shape index (κ2) is 16.3. The maximum atomic E-state index is 11.7. The van der Waals surface area contributed by atoms with Crippen molar-refractivity contribution >= 4 is 56.0 Å². The van der Waals surface area contributed by atoms with E-state index < -0.39 is 13.3 Å². The van der Waals surface area contributed by atoms with Crippen molar-refractivity contribution in [3.63, 3.8) is 0 Å². The molecule has 3 aromatic carbocycles. The summed E-state index contributed by atoms with van der Waals surface area (Å²) in [6, 6.07) is 23.8. The Morgan fingerprint density at radius 3 is 2.10 bits per heavy atom. The molecule has 259 valence electrons. The molecule has 0 aliphatic heterocycles. The molecule has 48 heavy (non-hydrogen) atoms. The molecule has 2 aromatic heterocycles. The quantitative estimate of drug-likeness (QED) is 0.0694. The predicted molar refractivity (Wildman–Crippen MR) is 206 cm³/mol. The van der Waals surface area contributed by atoms with Gasteiger partial charge in [-0.3, -0.25) is 4.79 Å². The number of ketones is 1. The van der Waals surface area contributed by atoms with Gasteiger partial charge in [-0.05, 0) is 25.7 Å². The van der Waals surface area contributed by atoms with Crippen molar-refractivity contribution in [3.05, 3.63) is 84.3 Å². The van der Waals surface area contributed by atoms with Crippen molar-refractivity contribution < 1.29 is 30.0 Å². The predicted octanol–water partition coefficient (Wildman–Crippen LogP) is 11.1. The third-order valence-electron chi connectivity index (χ3n) is 9.70. The van der Waals surface area contributed by atoms with Crippen LogP contribution in [0.4, 0.5) is 0 Å². The van der Waals surface area contributed by atoms with Gasteiger partial charge in [0.15, 0.2) is 5.78 Å². The number of aliphatic hydroxyl groups excluding tert-OH is 1. The van der Waals surface area contributed by atoms with Crippen molar-refractivity contribution in [1.29, 1.82) is 0 Å². The Labute approximate surface area is 305 Å². The molecule has 2 heterocycles. The molecule has 5 rings (SSSR count). The smallest absolute Gasteiger partial charge is 0 e. The average molecular weight is 885 g/mol. The molecule has 1 N–H and O–H groups in total. The minimum Gasteiger partial charge on any atom is 0 e. The van der Waals surface area contributed by atoms with Crippen LogP contribution in [0.5, 0.6) is 0 Å². The van der Waals surface area contributed by atoms with Gasteiger partial charge in [-0.15, -0.1) is 0 Å². The first kappa shape index (κ1) is 39.7. The molecule has 0 saturated heterocycles. The van der Waals surface area contributed by atoms with Gasteiger partial charge in [-0.25, -0.2) is 0 Å². The zero-order chi connectivity index (χ0) is 34.7. The zero-order valence-corrected chi connectivity index (χ0v) is 35.4. The molecule has 0 amide bonds. The Bertz CT molecular complexity index is 1900. The molecule has 0 unspecified atom stereocenters. The number of nitrogens with zero attached hydrogens (tertiary/aromatic N) is 2. The van der Waals surface area contributed by atoms with Gasteiger partial charge >= 0.3 is 194 Å². The molecule has 0 bridgehead atoms. The zero-order valence-electron chi connectivity index (χ0n) is 30.9. The summed E-state index contributed by atoms with van der Waals surface area (Å²) in [4.78, 5) is 16.6. The van der Waals surface area contributed by atoms with E-state index in [9.17, 15) is 9.90 Å². The van der Waals surface area contributed by atoms with Gasteiger partial charge in [0.2, 0.25) is 0 Å². The van der Waals surface area contributed by atoms with Gasteiger partial charge in [0, 0.05) is 38.0 Å². The topological polar surface area (TPSA) is 55.1 Å². The summed E-state index contributed by atoms with van der Waals surface area (Å²) in [6.45, 7) is 14.9. The number of carbonyl (C=O) groups excluding carboxylic acids is 1. The van der Waals surface area contributed by atoms with Gasteiger partial charge in [0.25, 0.3) is 0 Å². The monoisotopic (exact) mass is 886 g/mol. The number of aliphatic hydroxyl groups is 1. The number of hydrogen-bond donors (Lipinski definition) is 1. The van der Waals surface area contributed by atoms with Crippen LogP contribution in [-0.4, -0.2) is 33.7 Å². The summed E-state index contributed by atoms with van der Waals surface area (Å²) < 4.78 is 3.87. The normalized spacial score (nSPS) is 12.5. The van der Waals surface area contributed by atoms with Crippen LogP contribution in [0.2, 0.25) is 17.3 Å². The minimum absolute atomic E-state index is 0. The molecule has 0 fully saturated rings. The fourth-order valence-corrected chi connectivity index (χ4v) is 9.01. The van der Waals surface area contributed by atoms with Crippen LogP contribution in [0.25, 0.3) is 43.8 Å². The largest absolute Gasteiger partial charge is 0 e. The van der Waals surface area contributed by atoms with Crippen molar-refractivity contribution in [2.45, 2.75) is 96.8 Å². The number of carbonyl (C=O) groups is 1. The Hall–Kier alpha value is -2.73. The van der Waals surface area contributed by atoms with E-state index in [1.807, 2.05) is 33.9 Å². The van der Waals surface area contributed by atoms with Crippen LogP contribution >= 0.6 is 0 Å². The fraction of sp³-hybridized carbons (Fsp3) is 0.429. The number of aromatic nitrogens is 2. The van der Waals surface area contributed by atoms with E-state index in [0.29, 0.717) is 0 Å². The molecular formula is C42H55GeIrN2O2-. The standard InChI is InChI=1S/C29H31GeN2.C13H24O2.Ir/c1-29(2,3)25-17-20(16-19-10-8-9-11-22(19)25)27-28-24(14-15-31-27)23-13-12-21(30(4,5)6)18-26(23)32(28)7;1-5-10(6-2)12(14)9-13(15)11(7-3)8-4;/h8-15,17-18H,1-7H3;9-11,14H,5-8H2,1-4H3;/q-1;;/b;12-9-;. The van der Waals surface area contributed by atoms with Gasteiger partial charge in [-0.1, -0.05) is 27.7 Å². The number of benzene rings is 3. The third kappa shape index (κ3) is 8.52. The maximum absolute atomic E-state index is 11.7. The molecule has 0 aliphatic carbocycles. The number of rotatable bonds is 9. The Morgan fingerprint density at radius 2 is 1.52 bits per heavy atom. The second-order valence-corrected chi connectivity index (χ2v) is 25.6. The molecule has 0 aliphatic rings. The summed E-state index contributed by atoms with van der Waals surface area (Å²) in [6.07, 6.45) is 6.86. The summed E-state index contributed by atoms with van der Waals surface area (Å²) in [7, 11) is 2.18. The molecule has 5 aromatic rings. The SMILES string of the molecule is CCC(CC)C(=O)/C=C(\O)C(CC)CC.Cn1c2c[c]([Ge]([CH3])([CH3])[CH3])ccc2c2ccnc(-c3[c-]c4ccccc4c(C(C)(C)C)c3)c21.[Ir]. The molecule has 6 heteroatoms. The van der Waals surface area contributed by atoms with Crippen LogP contribution in [0.15, 0.2) is 72.6 Å². The van der Waals surface area contributed by atoms with Gasteiger partial charge in [0.1, 0.15) is 0 Å². The fourth-order valence-electron chi connectivity index (χ4n) is 6.59. The first-order chi connectivity index (χ1) is 22.2. The maximum Gasteiger partial charge on any atom is 0 e. The Kier molecular flexibility index (Phi) is 13.5. The molecule has 0 saturated carbocycles. The summed E-state index contributed by atoms with van der Waals surface area (Å²) in [5, 5.41) is 14.7. The minimum atomic E-state index is -1.92. The van der Waals surface area contributed by atoms with Crippen LogP contribution in [0.1, 0.15) is 79.7 Å². The van der Waals surface area contributed by atoms with Crippen molar-refractivity contribution in [2.75, 3.05) is 0 Å². The van der Waals surface area contributed by atoms with E-state index in [-0.39, 0.29) is 48.9 Å². The van der Waals surface area contributed by atoms with E-state index in [2.05, 4.69) is 110 Å². The second-order valence-electron chi connectivity index (χ2n) is 15.0. The molecular weight excluding hydrogens is 829 g/mol. The number of aryl methyl sites for hydroxylation is 1. The number of hydrogen-bond acceptors (Lipinski definition) is 3.